The van der Waals surface area contributed by atoms with E-state index in [4.69, 9.17) is 16.3 Å². The summed E-state index contributed by atoms with van der Waals surface area (Å²) in [5.41, 5.74) is 0. The molecule has 0 saturated heterocycles. The smallest absolute Gasteiger partial charge is 0.340 e. The Bertz CT molecular complexity index is 660. The van der Waals surface area contributed by atoms with E-state index >= 15 is 0 Å². The van der Waals surface area contributed by atoms with Gasteiger partial charge >= 0.3 is 5.97 Å². The van der Waals surface area contributed by atoms with Crippen molar-refractivity contribution >= 4 is 46.1 Å². The summed E-state index contributed by atoms with van der Waals surface area (Å²) < 4.78 is 5.71. The van der Waals surface area contributed by atoms with Gasteiger partial charge in [0.1, 0.15) is 0 Å². The molecular formula is C12H10ClIN2O3. The molecule has 0 saturated carbocycles. The SMILES string of the molecule is CCCOC(=O)C1N=c2cc(I)c(Cl)cc2=NC1=O. The second-order valence-electron chi connectivity index (χ2n) is 3.90. The quantitative estimate of drug-likeness (QED) is 0.439. The molecule has 1 amide bonds. The summed E-state index contributed by atoms with van der Waals surface area (Å²) in [6.07, 6.45) is 0.688. The molecule has 2 rings (SSSR count). The van der Waals surface area contributed by atoms with Gasteiger partial charge in [-0.3, -0.25) is 9.79 Å². The highest BCUT2D eigenvalue weighted by atomic mass is 127. The number of halogens is 2. The minimum absolute atomic E-state index is 0.267. The molecule has 100 valence electrons. The topological polar surface area (TPSA) is 68.1 Å². The zero-order valence-electron chi connectivity index (χ0n) is 10.0. The summed E-state index contributed by atoms with van der Waals surface area (Å²) in [6, 6.07) is 2.05. The van der Waals surface area contributed by atoms with E-state index in [0.29, 0.717) is 22.2 Å². The number of ether oxygens (including phenoxy) is 1. The van der Waals surface area contributed by atoms with Gasteiger partial charge in [-0.2, -0.15) is 0 Å². The molecule has 19 heavy (non-hydrogen) atoms. The van der Waals surface area contributed by atoms with Crippen molar-refractivity contribution in [3.63, 3.8) is 0 Å². The molecule has 1 aliphatic heterocycles. The molecule has 0 aromatic heterocycles. The van der Waals surface area contributed by atoms with Crippen LogP contribution in [0.2, 0.25) is 5.02 Å². The largest absolute Gasteiger partial charge is 0.464 e. The third kappa shape index (κ3) is 3.11. The van der Waals surface area contributed by atoms with Crippen LogP contribution in [0.3, 0.4) is 0 Å². The summed E-state index contributed by atoms with van der Waals surface area (Å²) >= 11 is 8.00. The summed E-state index contributed by atoms with van der Waals surface area (Å²) in [5.74, 6) is -1.28. The first kappa shape index (κ1) is 14.4. The van der Waals surface area contributed by atoms with Crippen LogP contribution in [-0.4, -0.2) is 24.5 Å². The van der Waals surface area contributed by atoms with Crippen molar-refractivity contribution in [2.45, 2.75) is 19.4 Å². The highest BCUT2D eigenvalue weighted by molar-refractivity contribution is 14.1. The van der Waals surface area contributed by atoms with E-state index in [1.165, 1.54) is 0 Å². The lowest BCUT2D eigenvalue weighted by atomic mass is 10.2. The highest BCUT2D eigenvalue weighted by Crippen LogP contribution is 2.13. The van der Waals surface area contributed by atoms with E-state index in [0.717, 1.165) is 3.57 Å². The summed E-state index contributed by atoms with van der Waals surface area (Å²) in [7, 11) is 0. The Balaban J connectivity index is 2.41. The van der Waals surface area contributed by atoms with E-state index in [9.17, 15) is 9.59 Å². The summed E-state index contributed by atoms with van der Waals surface area (Å²) in [4.78, 5) is 31.4. The molecule has 1 aromatic carbocycles. The van der Waals surface area contributed by atoms with Gasteiger partial charge in [0.05, 0.1) is 22.3 Å². The van der Waals surface area contributed by atoms with E-state index < -0.39 is 17.9 Å². The Morgan fingerprint density at radius 1 is 1.47 bits per heavy atom. The normalized spacial score (nSPS) is 17.2. The van der Waals surface area contributed by atoms with E-state index in [2.05, 4.69) is 9.98 Å². The van der Waals surface area contributed by atoms with E-state index in [-0.39, 0.29) is 6.61 Å². The van der Waals surface area contributed by atoms with Crippen LogP contribution in [0.5, 0.6) is 0 Å². The fourth-order valence-electron chi connectivity index (χ4n) is 1.53. The molecule has 7 heteroatoms. The van der Waals surface area contributed by atoms with Gasteiger partial charge in [0.25, 0.3) is 5.91 Å². The zero-order chi connectivity index (χ0) is 14.0. The van der Waals surface area contributed by atoms with Crippen molar-refractivity contribution in [1.82, 2.24) is 0 Å². The van der Waals surface area contributed by atoms with Crippen LogP contribution < -0.4 is 10.7 Å². The molecule has 1 aromatic rings. The van der Waals surface area contributed by atoms with Crippen molar-refractivity contribution < 1.29 is 14.3 Å². The first-order chi connectivity index (χ1) is 9.02. The van der Waals surface area contributed by atoms with Crippen LogP contribution in [0.25, 0.3) is 0 Å². The molecule has 1 aliphatic rings. The number of hydrogen-bond acceptors (Lipinski definition) is 4. The predicted octanol–water partition coefficient (Wildman–Crippen LogP) is 1.05. The van der Waals surface area contributed by atoms with Crippen LogP contribution in [0.4, 0.5) is 0 Å². The average molecular weight is 393 g/mol. The fourth-order valence-corrected chi connectivity index (χ4v) is 2.14. The molecule has 0 fully saturated rings. The molecule has 0 spiro atoms. The maximum absolute atomic E-state index is 11.8. The zero-order valence-corrected chi connectivity index (χ0v) is 12.9. The monoisotopic (exact) mass is 392 g/mol. The van der Waals surface area contributed by atoms with Crippen molar-refractivity contribution in [2.24, 2.45) is 9.98 Å². The number of nitrogens with zero attached hydrogens (tertiary/aromatic N) is 2. The lowest BCUT2D eigenvalue weighted by Crippen LogP contribution is -2.41. The molecule has 0 N–H and O–H groups in total. The van der Waals surface area contributed by atoms with Crippen molar-refractivity contribution in [3.05, 3.63) is 31.4 Å². The van der Waals surface area contributed by atoms with E-state index in [1.807, 2.05) is 29.5 Å². The molecule has 1 atom stereocenters. The lowest BCUT2D eigenvalue weighted by Gasteiger charge is -2.11. The summed E-state index contributed by atoms with van der Waals surface area (Å²) in [5, 5.41) is 1.36. The summed E-state index contributed by atoms with van der Waals surface area (Å²) in [6.45, 7) is 2.14. The number of esters is 1. The van der Waals surface area contributed by atoms with Gasteiger partial charge in [0.2, 0.25) is 6.04 Å². The Labute approximate surface area is 127 Å². The number of amides is 1. The molecule has 1 heterocycles. The number of benzene rings is 1. The minimum atomic E-state index is -1.20. The van der Waals surface area contributed by atoms with Crippen LogP contribution >= 0.6 is 34.2 Å². The van der Waals surface area contributed by atoms with Gasteiger partial charge in [-0.1, -0.05) is 18.5 Å². The minimum Gasteiger partial charge on any atom is -0.464 e. The second kappa shape index (κ2) is 5.96. The van der Waals surface area contributed by atoms with Gasteiger partial charge < -0.3 is 4.74 Å². The Kier molecular flexibility index (Phi) is 4.51. The van der Waals surface area contributed by atoms with Crippen molar-refractivity contribution in [1.29, 1.82) is 0 Å². The van der Waals surface area contributed by atoms with Gasteiger partial charge in [-0.15, -0.1) is 0 Å². The third-order valence-corrected chi connectivity index (χ3v) is 3.95. The number of hydrogen-bond donors (Lipinski definition) is 0. The Morgan fingerprint density at radius 2 is 2.21 bits per heavy atom. The molecule has 1 unspecified atom stereocenters. The molecule has 5 nitrogen and oxygen atoms in total. The Hall–Kier alpha value is -1.02. The van der Waals surface area contributed by atoms with Crippen LogP contribution in [0.15, 0.2) is 22.1 Å². The first-order valence-electron chi connectivity index (χ1n) is 5.65. The van der Waals surface area contributed by atoms with Gasteiger partial charge in [0, 0.05) is 3.57 Å². The van der Waals surface area contributed by atoms with Crippen molar-refractivity contribution in [3.8, 4) is 0 Å². The van der Waals surface area contributed by atoms with Gasteiger partial charge in [-0.05, 0) is 41.1 Å². The molecule has 0 bridgehead atoms. The van der Waals surface area contributed by atoms with Crippen LogP contribution in [0.1, 0.15) is 13.3 Å². The van der Waals surface area contributed by atoms with Crippen LogP contribution in [-0.2, 0) is 14.3 Å². The van der Waals surface area contributed by atoms with Crippen molar-refractivity contribution in [2.75, 3.05) is 6.61 Å². The highest BCUT2D eigenvalue weighted by Gasteiger charge is 2.29. The van der Waals surface area contributed by atoms with Gasteiger partial charge in [0.15, 0.2) is 0 Å². The molecule has 0 radical (unpaired) electrons. The van der Waals surface area contributed by atoms with E-state index in [1.54, 1.807) is 12.1 Å². The molecule has 0 aliphatic carbocycles. The second-order valence-corrected chi connectivity index (χ2v) is 5.47. The standard InChI is InChI=1S/C12H10ClIN2O3/c1-2-3-19-12(18)10-11(17)16-8-4-6(13)7(14)5-9(8)15-10/h4-5,10H,2-3H2,1H3. The number of rotatable bonds is 3. The van der Waals surface area contributed by atoms with Crippen LogP contribution in [0, 0.1) is 3.57 Å². The Morgan fingerprint density at radius 3 is 2.89 bits per heavy atom. The number of carbonyl (C=O) groups is 2. The maximum atomic E-state index is 11.8. The third-order valence-electron chi connectivity index (χ3n) is 2.42. The maximum Gasteiger partial charge on any atom is 0.340 e. The number of carbonyl (C=O) groups excluding carboxylic acids is 2. The molecular weight excluding hydrogens is 383 g/mol. The lowest BCUT2D eigenvalue weighted by molar-refractivity contribution is -0.147. The average Bonchev–Trinajstić information content (AvgIpc) is 2.37. The first-order valence-corrected chi connectivity index (χ1v) is 7.10. The number of fused-ring (bicyclic) bond motifs is 1. The predicted molar refractivity (Wildman–Crippen MR) is 76.5 cm³/mol. The van der Waals surface area contributed by atoms with Gasteiger partial charge in [-0.25, -0.2) is 9.79 Å². The fraction of sp³-hybridized carbons (Fsp3) is 0.333.